The molecule has 3 nitrogen and oxygen atoms in total. The predicted molar refractivity (Wildman–Crippen MR) is 71.2 cm³/mol. The molecule has 0 saturated carbocycles. The van der Waals surface area contributed by atoms with Crippen molar-refractivity contribution in [2.24, 2.45) is 0 Å². The van der Waals surface area contributed by atoms with Crippen LogP contribution in [0.15, 0.2) is 60.7 Å². The third-order valence-corrected chi connectivity index (χ3v) is 3.38. The fourth-order valence-electron chi connectivity index (χ4n) is 1.40. The number of benzene rings is 2. The van der Waals surface area contributed by atoms with Crippen LogP contribution in [0.2, 0.25) is 0 Å². The van der Waals surface area contributed by atoms with Gasteiger partial charge in [0.2, 0.25) is 0 Å². The molecule has 2 aromatic rings. The van der Waals surface area contributed by atoms with Gasteiger partial charge in [-0.15, -0.1) is 0 Å². The number of para-hydroxylation sites is 2. The minimum Gasteiger partial charge on any atom is -0.444 e. The maximum absolute atomic E-state index is 11.9. The largest absolute Gasteiger partial charge is 0.601 e. The summed E-state index contributed by atoms with van der Waals surface area (Å²) in [7, 11) is -1.91. The van der Waals surface area contributed by atoms with Gasteiger partial charge in [0.15, 0.2) is 5.75 Å². The van der Waals surface area contributed by atoms with E-state index in [1.165, 1.54) is 0 Å². The first-order valence-corrected chi connectivity index (χ1v) is 6.91. The van der Waals surface area contributed by atoms with Crippen LogP contribution < -0.4 is 9.26 Å². The summed E-state index contributed by atoms with van der Waals surface area (Å²) in [5, 5.41) is 0. The van der Waals surface area contributed by atoms with Crippen molar-refractivity contribution in [3.05, 3.63) is 60.7 Å². The van der Waals surface area contributed by atoms with Crippen molar-refractivity contribution in [1.29, 1.82) is 0 Å². The Bertz CT molecular complexity index is 499. The maximum atomic E-state index is 11.9. The summed E-state index contributed by atoms with van der Waals surface area (Å²) < 4.78 is 22.8. The standard InChI is InChI=1S/C14H14O3P/c1-12(16-13-8-4-2-5-9-13)18(15)17-14-10-6-3-7-11-14/h2-12H,1H3/q+1. The van der Waals surface area contributed by atoms with Crippen LogP contribution in [0.25, 0.3) is 0 Å². The van der Waals surface area contributed by atoms with E-state index >= 15 is 0 Å². The van der Waals surface area contributed by atoms with Crippen molar-refractivity contribution in [2.45, 2.75) is 12.8 Å². The first-order chi connectivity index (χ1) is 8.75. The molecule has 0 saturated heterocycles. The van der Waals surface area contributed by atoms with Crippen molar-refractivity contribution in [3.8, 4) is 11.5 Å². The molecule has 0 fully saturated rings. The average Bonchev–Trinajstić information content (AvgIpc) is 2.41. The first kappa shape index (κ1) is 12.6. The highest BCUT2D eigenvalue weighted by Crippen LogP contribution is 2.32. The number of rotatable bonds is 5. The average molecular weight is 261 g/mol. The second-order valence-corrected chi connectivity index (χ2v) is 5.20. The molecule has 0 N–H and O–H groups in total. The van der Waals surface area contributed by atoms with E-state index in [2.05, 4.69) is 0 Å². The summed E-state index contributed by atoms with van der Waals surface area (Å²) >= 11 is 0. The summed E-state index contributed by atoms with van der Waals surface area (Å²) in [4.78, 5) is 0. The van der Waals surface area contributed by atoms with Crippen molar-refractivity contribution >= 4 is 8.03 Å². The smallest absolute Gasteiger partial charge is 0.444 e. The van der Waals surface area contributed by atoms with Crippen LogP contribution in [0, 0.1) is 0 Å². The van der Waals surface area contributed by atoms with E-state index in [1.54, 1.807) is 19.1 Å². The zero-order chi connectivity index (χ0) is 12.8. The van der Waals surface area contributed by atoms with E-state index in [-0.39, 0.29) is 0 Å². The van der Waals surface area contributed by atoms with Crippen LogP contribution in [0.3, 0.4) is 0 Å². The molecule has 0 bridgehead atoms. The Kier molecular flexibility index (Phi) is 4.32. The first-order valence-electron chi connectivity index (χ1n) is 5.67. The van der Waals surface area contributed by atoms with Crippen molar-refractivity contribution in [2.75, 3.05) is 0 Å². The Balaban J connectivity index is 1.93. The third-order valence-electron chi connectivity index (χ3n) is 2.29. The van der Waals surface area contributed by atoms with Gasteiger partial charge in [-0.2, -0.15) is 0 Å². The summed E-state index contributed by atoms with van der Waals surface area (Å²) in [6, 6.07) is 18.4. The van der Waals surface area contributed by atoms with E-state index in [0.717, 1.165) is 0 Å². The zero-order valence-corrected chi connectivity index (χ0v) is 10.9. The van der Waals surface area contributed by atoms with E-state index in [4.69, 9.17) is 9.26 Å². The summed E-state index contributed by atoms with van der Waals surface area (Å²) in [5.41, 5.74) is 0. The van der Waals surface area contributed by atoms with E-state index in [0.29, 0.717) is 11.5 Å². The molecule has 2 aromatic carbocycles. The van der Waals surface area contributed by atoms with Gasteiger partial charge in [-0.25, -0.2) is 0 Å². The highest BCUT2D eigenvalue weighted by molar-refractivity contribution is 7.40. The van der Waals surface area contributed by atoms with Crippen LogP contribution in [-0.2, 0) is 4.57 Å². The van der Waals surface area contributed by atoms with E-state index in [1.807, 2.05) is 48.5 Å². The van der Waals surface area contributed by atoms with Crippen molar-refractivity contribution < 1.29 is 13.8 Å². The molecule has 2 atom stereocenters. The maximum Gasteiger partial charge on any atom is 0.601 e. The molecular weight excluding hydrogens is 247 g/mol. The molecule has 0 aliphatic heterocycles. The van der Waals surface area contributed by atoms with Gasteiger partial charge in [0, 0.05) is 6.92 Å². The van der Waals surface area contributed by atoms with Crippen LogP contribution in [-0.4, -0.2) is 5.85 Å². The normalized spacial score (nSPS) is 12.6. The predicted octanol–water partition coefficient (Wildman–Crippen LogP) is 4.23. The molecule has 92 valence electrons. The molecule has 0 aliphatic rings. The summed E-state index contributed by atoms with van der Waals surface area (Å²) in [6.07, 6.45) is 0. The van der Waals surface area contributed by atoms with Crippen LogP contribution in [0.1, 0.15) is 6.92 Å². The lowest BCUT2D eigenvalue weighted by Gasteiger charge is -2.04. The minimum absolute atomic E-state index is 0.498. The van der Waals surface area contributed by atoms with Gasteiger partial charge < -0.3 is 4.74 Å². The topological polar surface area (TPSA) is 35.5 Å². The molecule has 4 heteroatoms. The van der Waals surface area contributed by atoms with Crippen LogP contribution in [0.5, 0.6) is 11.5 Å². The lowest BCUT2D eigenvalue weighted by molar-refractivity contribution is 0.281. The quantitative estimate of drug-likeness (QED) is 0.755. The molecular formula is C14H14O3P+. The Labute approximate surface area is 107 Å². The van der Waals surface area contributed by atoms with Gasteiger partial charge in [0.1, 0.15) is 5.75 Å². The highest BCUT2D eigenvalue weighted by Gasteiger charge is 2.31. The van der Waals surface area contributed by atoms with Crippen molar-refractivity contribution in [1.82, 2.24) is 0 Å². The summed E-state index contributed by atoms with van der Waals surface area (Å²) in [5.74, 6) is 0.773. The lowest BCUT2D eigenvalue weighted by atomic mass is 10.3. The molecule has 0 aliphatic carbocycles. The van der Waals surface area contributed by atoms with Gasteiger partial charge in [-0.05, 0) is 28.8 Å². The van der Waals surface area contributed by atoms with Gasteiger partial charge in [0.05, 0.1) is 0 Å². The molecule has 0 heterocycles. The SMILES string of the molecule is CC(Oc1ccccc1)[P+](=O)Oc1ccccc1. The molecule has 0 radical (unpaired) electrons. The van der Waals surface area contributed by atoms with Gasteiger partial charge in [-0.1, -0.05) is 36.4 Å². The molecule has 18 heavy (non-hydrogen) atoms. The van der Waals surface area contributed by atoms with Crippen LogP contribution in [0.4, 0.5) is 0 Å². The highest BCUT2D eigenvalue weighted by atomic mass is 31.1. The molecule has 0 aromatic heterocycles. The molecule has 0 spiro atoms. The Morgan fingerprint density at radius 3 is 1.94 bits per heavy atom. The van der Waals surface area contributed by atoms with Gasteiger partial charge >= 0.3 is 13.9 Å². The van der Waals surface area contributed by atoms with Gasteiger partial charge in [-0.3, -0.25) is 4.52 Å². The van der Waals surface area contributed by atoms with E-state index in [9.17, 15) is 4.57 Å². The summed E-state index contributed by atoms with van der Waals surface area (Å²) in [6.45, 7) is 1.73. The second-order valence-electron chi connectivity index (χ2n) is 3.72. The van der Waals surface area contributed by atoms with E-state index < -0.39 is 13.9 Å². The third kappa shape index (κ3) is 3.57. The molecule has 0 amide bonds. The van der Waals surface area contributed by atoms with Crippen molar-refractivity contribution in [3.63, 3.8) is 0 Å². The zero-order valence-electron chi connectivity index (χ0n) is 10.0. The Morgan fingerprint density at radius 1 is 0.889 bits per heavy atom. The minimum atomic E-state index is -1.91. The number of hydrogen-bond acceptors (Lipinski definition) is 3. The van der Waals surface area contributed by atoms with Gasteiger partial charge in [0.25, 0.3) is 0 Å². The monoisotopic (exact) mass is 261 g/mol. The lowest BCUT2D eigenvalue weighted by Crippen LogP contribution is -2.08. The van der Waals surface area contributed by atoms with Crippen LogP contribution >= 0.6 is 8.03 Å². The fraction of sp³-hybridized carbons (Fsp3) is 0.143. The Morgan fingerprint density at radius 2 is 1.39 bits per heavy atom. The number of hydrogen-bond donors (Lipinski definition) is 0. The second kappa shape index (κ2) is 6.18. The molecule has 2 rings (SSSR count). The Hall–Kier alpha value is -1.86. The fourth-order valence-corrected chi connectivity index (χ4v) is 2.08. The number of ether oxygens (including phenoxy) is 1. The molecule has 2 unspecified atom stereocenters.